The van der Waals surface area contributed by atoms with Gasteiger partial charge in [0, 0.05) is 25.1 Å². The van der Waals surface area contributed by atoms with Crippen molar-refractivity contribution in [3.63, 3.8) is 0 Å². The van der Waals surface area contributed by atoms with Crippen molar-refractivity contribution in [2.45, 2.75) is 43.5 Å². The third kappa shape index (κ3) is 2.87. The Bertz CT molecular complexity index is 640. The lowest BCUT2D eigenvalue weighted by Gasteiger charge is -2.51. The minimum atomic E-state index is -1.20. The molecular formula is C17H22FNO5. The summed E-state index contributed by atoms with van der Waals surface area (Å²) in [6.07, 6.45) is 0.153. The largest absolute Gasteiger partial charge is 0.505 e. The van der Waals surface area contributed by atoms with E-state index in [0.29, 0.717) is 39.0 Å². The zero-order chi connectivity index (χ0) is 17.5. The zero-order valence-corrected chi connectivity index (χ0v) is 13.5. The van der Waals surface area contributed by atoms with Gasteiger partial charge in [-0.25, -0.2) is 4.39 Å². The van der Waals surface area contributed by atoms with Gasteiger partial charge in [-0.2, -0.15) is 0 Å². The van der Waals surface area contributed by atoms with E-state index in [9.17, 15) is 24.5 Å². The second kappa shape index (κ2) is 5.98. The second-order valence-electron chi connectivity index (χ2n) is 6.88. The van der Waals surface area contributed by atoms with Gasteiger partial charge in [-0.15, -0.1) is 0 Å². The van der Waals surface area contributed by atoms with Crippen LogP contribution in [0.25, 0.3) is 0 Å². The molecule has 0 bridgehead atoms. The molecule has 0 aliphatic carbocycles. The normalized spacial score (nSPS) is 29.7. The molecule has 6 nitrogen and oxygen atoms in total. The van der Waals surface area contributed by atoms with Crippen LogP contribution in [-0.2, 0) is 4.74 Å². The standard InChI is InChI=1S/C17H22FNO5/c1-16(23)6-9-24-17(15(16)22)4-7-19(8-5-17)14(21)11-2-3-13(20)12(18)10-11/h2-3,10,15,20,22-23H,4-9H2,1H3/t15-,16+/m0/s1. The van der Waals surface area contributed by atoms with E-state index in [1.54, 1.807) is 11.8 Å². The number of phenols is 1. The number of piperidine rings is 1. The van der Waals surface area contributed by atoms with Crippen molar-refractivity contribution in [1.29, 1.82) is 0 Å². The molecule has 0 aromatic heterocycles. The molecule has 0 unspecified atom stereocenters. The molecular weight excluding hydrogens is 317 g/mol. The summed E-state index contributed by atoms with van der Waals surface area (Å²) in [5.74, 6) is -1.66. The number of aromatic hydroxyl groups is 1. The van der Waals surface area contributed by atoms with E-state index in [4.69, 9.17) is 4.74 Å². The van der Waals surface area contributed by atoms with Gasteiger partial charge in [0.15, 0.2) is 11.6 Å². The van der Waals surface area contributed by atoms with Crippen LogP contribution in [0.5, 0.6) is 5.75 Å². The smallest absolute Gasteiger partial charge is 0.253 e. The summed E-state index contributed by atoms with van der Waals surface area (Å²) >= 11 is 0. The highest BCUT2D eigenvalue weighted by Gasteiger charge is 2.52. The highest BCUT2D eigenvalue weighted by Crippen LogP contribution is 2.40. The minimum Gasteiger partial charge on any atom is -0.505 e. The summed E-state index contributed by atoms with van der Waals surface area (Å²) in [7, 11) is 0. The van der Waals surface area contributed by atoms with Gasteiger partial charge < -0.3 is 25.0 Å². The number of hydrogen-bond donors (Lipinski definition) is 3. The van der Waals surface area contributed by atoms with E-state index in [0.717, 1.165) is 12.1 Å². The molecule has 2 aliphatic rings. The number of nitrogens with zero attached hydrogens (tertiary/aromatic N) is 1. The fourth-order valence-corrected chi connectivity index (χ4v) is 3.57. The summed E-state index contributed by atoms with van der Waals surface area (Å²) < 4.78 is 19.2. The van der Waals surface area contributed by atoms with E-state index in [2.05, 4.69) is 0 Å². The number of amides is 1. The van der Waals surface area contributed by atoms with Gasteiger partial charge in [0.1, 0.15) is 11.7 Å². The van der Waals surface area contributed by atoms with Crippen molar-refractivity contribution >= 4 is 5.91 Å². The SMILES string of the molecule is C[C@@]1(O)CCOC2(CCN(C(=O)c3ccc(O)c(F)c3)CC2)[C@H]1O. The summed E-state index contributed by atoms with van der Waals surface area (Å²) in [6.45, 7) is 2.64. The van der Waals surface area contributed by atoms with Crippen molar-refractivity contribution in [3.8, 4) is 5.75 Å². The van der Waals surface area contributed by atoms with Gasteiger partial charge in [0.2, 0.25) is 0 Å². The lowest BCUT2D eigenvalue weighted by molar-refractivity contribution is -0.244. The van der Waals surface area contributed by atoms with Crippen LogP contribution in [0.2, 0.25) is 0 Å². The highest BCUT2D eigenvalue weighted by atomic mass is 19.1. The fourth-order valence-electron chi connectivity index (χ4n) is 3.57. The molecule has 3 N–H and O–H groups in total. The summed E-state index contributed by atoms with van der Waals surface area (Å²) in [4.78, 5) is 14.0. The van der Waals surface area contributed by atoms with Crippen LogP contribution in [0.15, 0.2) is 18.2 Å². The van der Waals surface area contributed by atoms with Crippen LogP contribution >= 0.6 is 0 Å². The number of ether oxygens (including phenoxy) is 1. The summed E-state index contributed by atoms with van der Waals surface area (Å²) in [5.41, 5.74) is -1.89. The summed E-state index contributed by atoms with van der Waals surface area (Å²) in [5, 5.41) is 30.0. The molecule has 1 spiro atoms. The molecule has 0 saturated carbocycles. The van der Waals surface area contributed by atoms with Crippen LogP contribution in [0, 0.1) is 5.82 Å². The number of carbonyl (C=O) groups is 1. The second-order valence-corrected chi connectivity index (χ2v) is 6.88. The maximum Gasteiger partial charge on any atom is 0.253 e. The first-order chi connectivity index (χ1) is 11.3. The molecule has 1 aromatic rings. The number of phenolic OH excluding ortho intramolecular Hbond substituents is 1. The predicted octanol–water partition coefficient (Wildman–Crippen LogP) is 1.04. The number of carbonyl (C=O) groups excluding carboxylic acids is 1. The van der Waals surface area contributed by atoms with Crippen LogP contribution in [0.4, 0.5) is 4.39 Å². The van der Waals surface area contributed by atoms with Gasteiger partial charge in [-0.05, 0) is 38.0 Å². The summed E-state index contributed by atoms with van der Waals surface area (Å²) in [6, 6.07) is 3.54. The van der Waals surface area contributed by atoms with E-state index >= 15 is 0 Å². The average molecular weight is 339 g/mol. The highest BCUT2D eigenvalue weighted by molar-refractivity contribution is 5.94. The molecule has 2 heterocycles. The number of rotatable bonds is 1. The predicted molar refractivity (Wildman–Crippen MR) is 83.1 cm³/mol. The van der Waals surface area contributed by atoms with Crippen LogP contribution < -0.4 is 0 Å². The van der Waals surface area contributed by atoms with Gasteiger partial charge >= 0.3 is 0 Å². The van der Waals surface area contributed by atoms with E-state index < -0.39 is 28.9 Å². The van der Waals surface area contributed by atoms with Crippen LogP contribution in [-0.4, -0.2) is 63.1 Å². The molecule has 2 saturated heterocycles. The molecule has 0 radical (unpaired) electrons. The molecule has 1 amide bonds. The van der Waals surface area contributed by atoms with Gasteiger partial charge in [0.25, 0.3) is 5.91 Å². The Hall–Kier alpha value is -1.70. The molecule has 7 heteroatoms. The number of aliphatic hydroxyl groups excluding tert-OH is 1. The van der Waals surface area contributed by atoms with Crippen molar-refractivity contribution in [2.75, 3.05) is 19.7 Å². The van der Waals surface area contributed by atoms with Crippen LogP contribution in [0.3, 0.4) is 0 Å². The van der Waals surface area contributed by atoms with Crippen molar-refractivity contribution in [2.24, 2.45) is 0 Å². The van der Waals surface area contributed by atoms with Crippen molar-refractivity contribution < 1.29 is 29.2 Å². The monoisotopic (exact) mass is 339 g/mol. The lowest BCUT2D eigenvalue weighted by atomic mass is 9.75. The van der Waals surface area contributed by atoms with E-state index in [1.165, 1.54) is 6.07 Å². The molecule has 3 rings (SSSR count). The molecule has 24 heavy (non-hydrogen) atoms. The first kappa shape index (κ1) is 17.1. The Balaban J connectivity index is 1.70. The Morgan fingerprint density at radius 3 is 2.62 bits per heavy atom. The Labute approximate surface area is 139 Å². The van der Waals surface area contributed by atoms with Crippen LogP contribution in [0.1, 0.15) is 36.5 Å². The van der Waals surface area contributed by atoms with Crippen molar-refractivity contribution in [3.05, 3.63) is 29.6 Å². The number of aliphatic hydroxyl groups is 2. The lowest BCUT2D eigenvalue weighted by Crippen LogP contribution is -2.64. The van der Waals surface area contributed by atoms with E-state index in [1.807, 2.05) is 0 Å². The maximum absolute atomic E-state index is 13.4. The molecule has 1 aromatic carbocycles. The first-order valence-electron chi connectivity index (χ1n) is 8.07. The maximum atomic E-state index is 13.4. The molecule has 132 valence electrons. The van der Waals surface area contributed by atoms with Gasteiger partial charge in [-0.1, -0.05) is 0 Å². The average Bonchev–Trinajstić information content (AvgIpc) is 2.55. The van der Waals surface area contributed by atoms with Crippen molar-refractivity contribution in [1.82, 2.24) is 4.90 Å². The minimum absolute atomic E-state index is 0.165. The fraction of sp³-hybridized carbons (Fsp3) is 0.588. The zero-order valence-electron chi connectivity index (χ0n) is 13.5. The number of hydrogen-bond acceptors (Lipinski definition) is 5. The molecule has 2 fully saturated rings. The Kier molecular flexibility index (Phi) is 4.27. The third-order valence-corrected chi connectivity index (χ3v) is 5.18. The number of halogens is 1. The topological polar surface area (TPSA) is 90.2 Å². The Morgan fingerprint density at radius 2 is 2.00 bits per heavy atom. The first-order valence-corrected chi connectivity index (χ1v) is 8.07. The third-order valence-electron chi connectivity index (χ3n) is 5.18. The van der Waals surface area contributed by atoms with E-state index in [-0.39, 0.29) is 11.5 Å². The van der Waals surface area contributed by atoms with Gasteiger partial charge in [-0.3, -0.25) is 4.79 Å². The van der Waals surface area contributed by atoms with Gasteiger partial charge in [0.05, 0.1) is 12.2 Å². The molecule has 2 atom stereocenters. The quantitative estimate of drug-likeness (QED) is 0.711. The number of likely N-dealkylation sites (tertiary alicyclic amines) is 1. The Morgan fingerprint density at radius 1 is 1.33 bits per heavy atom. The number of benzene rings is 1. The molecule has 2 aliphatic heterocycles.